The van der Waals surface area contributed by atoms with Crippen LogP contribution >= 0.6 is 0 Å². The van der Waals surface area contributed by atoms with Gasteiger partial charge in [-0.15, -0.1) is 0 Å². The average molecular weight is 415 g/mol. The van der Waals surface area contributed by atoms with Gasteiger partial charge in [0, 0.05) is 34.9 Å². The first-order valence-corrected chi connectivity index (χ1v) is 9.79. The summed E-state index contributed by atoms with van der Waals surface area (Å²) in [6, 6.07) is 14.3. The Labute approximate surface area is 179 Å². The van der Waals surface area contributed by atoms with Gasteiger partial charge in [-0.05, 0) is 43.1 Å². The van der Waals surface area contributed by atoms with E-state index >= 15 is 0 Å². The normalized spacial score (nSPS) is 11.0. The van der Waals surface area contributed by atoms with Crippen LogP contribution in [0.1, 0.15) is 27.2 Å². The molecule has 0 fully saturated rings. The second-order valence-electron chi connectivity index (χ2n) is 7.40. The molecule has 4 rings (SSSR count). The molecule has 0 unspecified atom stereocenters. The average Bonchev–Trinajstić information content (AvgIpc) is 3.09. The number of hydrogen-bond acceptors (Lipinski definition) is 6. The van der Waals surface area contributed by atoms with Crippen molar-refractivity contribution in [1.82, 2.24) is 14.5 Å². The molecule has 2 aromatic carbocycles. The minimum Gasteiger partial charge on any atom is -0.423 e. The summed E-state index contributed by atoms with van der Waals surface area (Å²) >= 11 is 0. The molecule has 0 aliphatic rings. The highest BCUT2D eigenvalue weighted by atomic mass is 16.4. The van der Waals surface area contributed by atoms with Gasteiger partial charge in [0.2, 0.25) is 11.9 Å². The zero-order chi connectivity index (χ0) is 22.1. The quantitative estimate of drug-likeness (QED) is 0.353. The monoisotopic (exact) mass is 415 g/mol. The third-order valence-electron chi connectivity index (χ3n) is 5.16. The smallest absolute Gasteiger partial charge is 0.423 e. The number of amides is 1. The summed E-state index contributed by atoms with van der Waals surface area (Å²) in [4.78, 5) is 21.0. The topological polar surface area (TPSA) is 126 Å². The predicted molar refractivity (Wildman–Crippen MR) is 120 cm³/mol. The highest BCUT2D eigenvalue weighted by Gasteiger charge is 2.16. The molecule has 0 atom stereocenters. The van der Waals surface area contributed by atoms with E-state index in [2.05, 4.69) is 10.3 Å². The Bertz CT molecular complexity index is 1290. The number of aryl methyl sites for hydroxylation is 2. The molecule has 0 saturated carbocycles. The number of aromatic nitrogens is 3. The van der Waals surface area contributed by atoms with Crippen molar-refractivity contribution < 1.29 is 14.8 Å². The van der Waals surface area contributed by atoms with Gasteiger partial charge in [-0.1, -0.05) is 30.3 Å². The molecule has 4 aromatic rings. The van der Waals surface area contributed by atoms with Crippen LogP contribution in [0.4, 0.5) is 5.82 Å². The van der Waals surface area contributed by atoms with E-state index in [9.17, 15) is 14.8 Å². The van der Waals surface area contributed by atoms with E-state index in [1.165, 1.54) is 0 Å². The number of carbonyl (C=O) groups is 1. The van der Waals surface area contributed by atoms with Crippen molar-refractivity contribution in [1.29, 1.82) is 0 Å². The first kappa shape index (κ1) is 20.6. The van der Waals surface area contributed by atoms with E-state index in [4.69, 9.17) is 10.7 Å². The Balaban J connectivity index is 1.69. The lowest BCUT2D eigenvalue weighted by molar-refractivity contribution is 0.100. The summed E-state index contributed by atoms with van der Waals surface area (Å²) in [6.45, 7) is 4.29. The number of nitrogens with zero attached hydrogens (tertiary/aromatic N) is 3. The third-order valence-corrected chi connectivity index (χ3v) is 5.16. The number of rotatable bonds is 6. The van der Waals surface area contributed by atoms with E-state index < -0.39 is 13.0 Å². The van der Waals surface area contributed by atoms with Crippen molar-refractivity contribution in [2.75, 3.05) is 5.32 Å². The largest absolute Gasteiger partial charge is 0.488 e. The molecule has 0 aliphatic carbocycles. The molecule has 0 aliphatic heterocycles. The van der Waals surface area contributed by atoms with Crippen molar-refractivity contribution in [2.24, 2.45) is 5.73 Å². The van der Waals surface area contributed by atoms with Crippen LogP contribution in [-0.4, -0.2) is 37.6 Å². The molecule has 2 aromatic heterocycles. The number of benzene rings is 2. The predicted octanol–water partition coefficient (Wildman–Crippen LogP) is 1.43. The van der Waals surface area contributed by atoms with Crippen LogP contribution in [-0.2, 0) is 6.54 Å². The first-order chi connectivity index (χ1) is 14.8. The van der Waals surface area contributed by atoms with Crippen molar-refractivity contribution in [3.63, 3.8) is 0 Å². The number of fused-ring (bicyclic) bond motifs is 1. The summed E-state index contributed by atoms with van der Waals surface area (Å²) in [5.74, 6) is 0.652. The number of primary amides is 1. The van der Waals surface area contributed by atoms with Crippen LogP contribution in [0.15, 0.2) is 54.7 Å². The van der Waals surface area contributed by atoms with Gasteiger partial charge in [-0.3, -0.25) is 9.36 Å². The van der Waals surface area contributed by atoms with Gasteiger partial charge in [0.15, 0.2) is 0 Å². The van der Waals surface area contributed by atoms with Crippen LogP contribution in [0.3, 0.4) is 0 Å². The van der Waals surface area contributed by atoms with Gasteiger partial charge in [0.1, 0.15) is 5.82 Å². The van der Waals surface area contributed by atoms with Gasteiger partial charge >= 0.3 is 7.12 Å². The standard InChI is InChI=1S/C22H22BN5O3/c1-13-11-26-22(27-21(13)25-12-15-5-3-6-16(10-15)23(30)31)28-14(2)9-18-17(20(24)29)7-4-8-19(18)28/h3-11,30-31H,12H2,1-2H3,(H2,24,29)(H,25,26,27). The third kappa shape index (κ3) is 4.01. The fourth-order valence-electron chi connectivity index (χ4n) is 3.61. The number of nitrogens with two attached hydrogens (primary N) is 1. The number of nitrogens with one attached hydrogen (secondary N) is 1. The lowest BCUT2D eigenvalue weighted by atomic mass is 9.80. The minimum absolute atomic E-state index is 0.430. The number of hydrogen-bond donors (Lipinski definition) is 4. The van der Waals surface area contributed by atoms with Crippen LogP contribution in [0.5, 0.6) is 0 Å². The lowest BCUT2D eigenvalue weighted by Crippen LogP contribution is -2.30. The number of carbonyl (C=O) groups excluding carboxylic acids is 1. The number of anilines is 1. The maximum Gasteiger partial charge on any atom is 0.488 e. The zero-order valence-electron chi connectivity index (χ0n) is 17.2. The second-order valence-corrected chi connectivity index (χ2v) is 7.40. The fourth-order valence-corrected chi connectivity index (χ4v) is 3.61. The molecule has 31 heavy (non-hydrogen) atoms. The van der Waals surface area contributed by atoms with Gasteiger partial charge in [0.05, 0.1) is 5.52 Å². The molecule has 0 radical (unpaired) electrons. The molecule has 2 heterocycles. The van der Waals surface area contributed by atoms with Crippen LogP contribution in [0.2, 0.25) is 0 Å². The fraction of sp³-hybridized carbons (Fsp3) is 0.136. The highest BCUT2D eigenvalue weighted by Crippen LogP contribution is 2.26. The van der Waals surface area contributed by atoms with Gasteiger partial charge in [0.25, 0.3) is 0 Å². The van der Waals surface area contributed by atoms with E-state index in [1.54, 1.807) is 36.5 Å². The van der Waals surface area contributed by atoms with Crippen molar-refractivity contribution >= 4 is 35.2 Å². The molecule has 0 saturated heterocycles. The molecule has 156 valence electrons. The van der Waals surface area contributed by atoms with E-state index in [0.29, 0.717) is 29.3 Å². The summed E-state index contributed by atoms with van der Waals surface area (Å²) in [5.41, 5.74) is 9.84. The van der Waals surface area contributed by atoms with Gasteiger partial charge in [-0.25, -0.2) is 4.98 Å². The SMILES string of the molecule is Cc1cnc(-n2c(C)cc3c(C(N)=O)cccc32)nc1NCc1cccc(B(O)O)c1. The summed E-state index contributed by atoms with van der Waals surface area (Å²) < 4.78 is 1.88. The molecular formula is C22H22BN5O3. The second kappa shape index (κ2) is 8.21. The Kier molecular flexibility index (Phi) is 5.45. The van der Waals surface area contributed by atoms with E-state index in [0.717, 1.165) is 27.7 Å². The molecule has 1 amide bonds. The molecule has 5 N–H and O–H groups in total. The van der Waals surface area contributed by atoms with Crippen LogP contribution in [0, 0.1) is 13.8 Å². The summed E-state index contributed by atoms with van der Waals surface area (Å²) in [6.07, 6.45) is 1.74. The Hall–Kier alpha value is -3.69. The van der Waals surface area contributed by atoms with Gasteiger partial charge in [-0.2, -0.15) is 4.98 Å². The van der Waals surface area contributed by atoms with Crippen LogP contribution in [0.25, 0.3) is 16.9 Å². The van der Waals surface area contributed by atoms with Crippen molar-refractivity contribution in [2.45, 2.75) is 20.4 Å². The maximum absolute atomic E-state index is 11.8. The van der Waals surface area contributed by atoms with E-state index in [-0.39, 0.29) is 0 Å². The van der Waals surface area contributed by atoms with Crippen molar-refractivity contribution in [3.05, 3.63) is 77.1 Å². The first-order valence-electron chi connectivity index (χ1n) is 9.79. The molecular weight excluding hydrogens is 393 g/mol. The molecule has 0 bridgehead atoms. The summed E-state index contributed by atoms with van der Waals surface area (Å²) in [5, 5.41) is 22.8. The molecule has 0 spiro atoms. The minimum atomic E-state index is -1.51. The highest BCUT2D eigenvalue weighted by molar-refractivity contribution is 6.58. The Morgan fingerprint density at radius 3 is 2.68 bits per heavy atom. The van der Waals surface area contributed by atoms with Crippen LogP contribution < -0.4 is 16.5 Å². The van der Waals surface area contributed by atoms with Crippen molar-refractivity contribution in [3.8, 4) is 5.95 Å². The Morgan fingerprint density at radius 1 is 1.16 bits per heavy atom. The lowest BCUT2D eigenvalue weighted by Gasteiger charge is -2.13. The summed E-state index contributed by atoms with van der Waals surface area (Å²) in [7, 11) is -1.51. The maximum atomic E-state index is 11.8. The molecule has 9 heteroatoms. The Morgan fingerprint density at radius 2 is 1.94 bits per heavy atom. The molecule has 8 nitrogen and oxygen atoms in total. The van der Waals surface area contributed by atoms with Gasteiger partial charge < -0.3 is 21.1 Å². The zero-order valence-corrected chi connectivity index (χ0v) is 17.2. The van der Waals surface area contributed by atoms with E-state index in [1.807, 2.05) is 36.6 Å².